The second-order valence-corrected chi connectivity index (χ2v) is 6.52. The van der Waals surface area contributed by atoms with Gasteiger partial charge in [0.05, 0.1) is 5.69 Å². The quantitative estimate of drug-likeness (QED) is 0.740. The van der Waals surface area contributed by atoms with Crippen molar-refractivity contribution in [2.24, 2.45) is 5.41 Å². The number of halogens is 2. The summed E-state index contributed by atoms with van der Waals surface area (Å²) in [5.74, 6) is -0.708. The maximum Gasteiger partial charge on any atom is 0.146 e. The van der Waals surface area contributed by atoms with Crippen LogP contribution >= 0.6 is 0 Å². The molecule has 1 aliphatic carbocycles. The van der Waals surface area contributed by atoms with Gasteiger partial charge in [-0.25, -0.2) is 8.78 Å². The summed E-state index contributed by atoms with van der Waals surface area (Å²) in [4.78, 5) is 0. The Labute approximate surface area is 114 Å². The lowest BCUT2D eigenvalue weighted by Gasteiger charge is -2.22. The zero-order valence-electron chi connectivity index (χ0n) is 12.0. The normalized spacial score (nSPS) is 22.9. The van der Waals surface area contributed by atoms with E-state index in [1.165, 1.54) is 18.6 Å². The van der Waals surface area contributed by atoms with Gasteiger partial charge in [-0.1, -0.05) is 20.3 Å². The predicted molar refractivity (Wildman–Crippen MR) is 75.4 cm³/mol. The maximum absolute atomic E-state index is 13.8. The van der Waals surface area contributed by atoms with E-state index in [-0.39, 0.29) is 17.7 Å². The summed E-state index contributed by atoms with van der Waals surface area (Å²) in [6.45, 7) is 6.14. The molecule has 0 amide bonds. The third-order valence-corrected chi connectivity index (χ3v) is 4.18. The molecule has 1 unspecified atom stereocenters. The Morgan fingerprint density at radius 2 is 1.84 bits per heavy atom. The monoisotopic (exact) mass is 267 g/mol. The predicted octanol–water partition coefficient (Wildman–Crippen LogP) is 5.04. The first-order valence-corrected chi connectivity index (χ1v) is 7.09. The molecular weight excluding hydrogens is 244 g/mol. The Morgan fingerprint density at radius 1 is 1.11 bits per heavy atom. The molecular formula is C16H23F2N. The molecule has 0 radical (unpaired) electrons. The first-order valence-electron chi connectivity index (χ1n) is 7.09. The lowest BCUT2D eigenvalue weighted by Crippen LogP contribution is -2.20. The van der Waals surface area contributed by atoms with Gasteiger partial charge in [-0.05, 0) is 49.7 Å². The fourth-order valence-electron chi connectivity index (χ4n) is 2.78. The van der Waals surface area contributed by atoms with Crippen LogP contribution in [0, 0.1) is 24.0 Å². The van der Waals surface area contributed by atoms with E-state index in [1.807, 2.05) is 0 Å². The fourth-order valence-corrected chi connectivity index (χ4v) is 2.78. The minimum absolute atomic E-state index is 0.249. The lowest BCUT2D eigenvalue weighted by atomic mass is 9.85. The largest absolute Gasteiger partial charge is 0.380 e. The second kappa shape index (κ2) is 5.48. The van der Waals surface area contributed by atoms with E-state index in [0.29, 0.717) is 16.7 Å². The van der Waals surface area contributed by atoms with E-state index in [9.17, 15) is 8.78 Å². The SMILES string of the molecule is Cc1cc(F)c(NC2CCCC(C)(C)CC2)cc1F. The van der Waals surface area contributed by atoms with Crippen molar-refractivity contribution in [1.82, 2.24) is 0 Å². The van der Waals surface area contributed by atoms with E-state index in [2.05, 4.69) is 19.2 Å². The number of aryl methyl sites for hydroxylation is 1. The summed E-state index contributed by atoms with van der Waals surface area (Å²) >= 11 is 0. The topological polar surface area (TPSA) is 12.0 Å². The van der Waals surface area contributed by atoms with E-state index in [1.54, 1.807) is 6.92 Å². The van der Waals surface area contributed by atoms with E-state index in [0.717, 1.165) is 25.7 Å². The Bertz CT molecular complexity index is 454. The van der Waals surface area contributed by atoms with Crippen molar-refractivity contribution in [2.75, 3.05) is 5.32 Å². The van der Waals surface area contributed by atoms with Crippen molar-refractivity contribution < 1.29 is 8.78 Å². The van der Waals surface area contributed by atoms with Gasteiger partial charge < -0.3 is 5.32 Å². The van der Waals surface area contributed by atoms with Gasteiger partial charge in [0, 0.05) is 12.1 Å². The summed E-state index contributed by atoms with van der Waals surface area (Å²) in [6, 6.07) is 2.79. The molecule has 3 heteroatoms. The zero-order valence-corrected chi connectivity index (χ0v) is 12.0. The second-order valence-electron chi connectivity index (χ2n) is 6.52. The summed E-state index contributed by atoms with van der Waals surface area (Å²) in [5.41, 5.74) is 1.02. The van der Waals surface area contributed by atoms with Crippen LogP contribution in [-0.4, -0.2) is 6.04 Å². The van der Waals surface area contributed by atoms with E-state index < -0.39 is 0 Å². The van der Waals surface area contributed by atoms with E-state index in [4.69, 9.17) is 0 Å². The number of nitrogens with one attached hydrogen (secondary N) is 1. The van der Waals surface area contributed by atoms with Crippen molar-refractivity contribution in [2.45, 2.75) is 58.9 Å². The van der Waals surface area contributed by atoms with Crippen molar-refractivity contribution >= 4 is 5.69 Å². The molecule has 1 atom stereocenters. The Balaban J connectivity index is 2.07. The van der Waals surface area contributed by atoms with Crippen LogP contribution in [0.5, 0.6) is 0 Å². The molecule has 1 saturated carbocycles. The van der Waals surface area contributed by atoms with Gasteiger partial charge in [-0.2, -0.15) is 0 Å². The molecule has 0 heterocycles. The number of rotatable bonds is 2. The molecule has 1 fully saturated rings. The maximum atomic E-state index is 13.8. The number of anilines is 1. The van der Waals surface area contributed by atoms with Crippen molar-refractivity contribution in [3.05, 3.63) is 29.3 Å². The highest BCUT2D eigenvalue weighted by molar-refractivity contribution is 5.47. The smallest absolute Gasteiger partial charge is 0.146 e. The molecule has 0 aliphatic heterocycles. The van der Waals surface area contributed by atoms with Crippen molar-refractivity contribution in [3.8, 4) is 0 Å². The Morgan fingerprint density at radius 3 is 2.58 bits per heavy atom. The highest BCUT2D eigenvalue weighted by Crippen LogP contribution is 2.35. The summed E-state index contributed by atoms with van der Waals surface area (Å²) in [5, 5.41) is 3.18. The Hall–Kier alpha value is -1.12. The molecule has 2 rings (SSSR count). The van der Waals surface area contributed by atoms with Crippen LogP contribution < -0.4 is 5.32 Å². The average Bonchev–Trinajstić information content (AvgIpc) is 2.48. The van der Waals surface area contributed by atoms with Crippen molar-refractivity contribution in [1.29, 1.82) is 0 Å². The molecule has 1 N–H and O–H groups in total. The van der Waals surface area contributed by atoms with Gasteiger partial charge in [0.1, 0.15) is 11.6 Å². The molecule has 1 nitrogen and oxygen atoms in total. The van der Waals surface area contributed by atoms with Crippen LogP contribution in [-0.2, 0) is 0 Å². The van der Waals surface area contributed by atoms with E-state index >= 15 is 0 Å². The molecule has 1 aromatic rings. The van der Waals surface area contributed by atoms with Gasteiger partial charge in [0.25, 0.3) is 0 Å². The molecule has 1 aromatic carbocycles. The summed E-state index contributed by atoms with van der Waals surface area (Å²) in [6.07, 6.45) is 5.51. The molecule has 19 heavy (non-hydrogen) atoms. The third-order valence-electron chi connectivity index (χ3n) is 4.18. The van der Waals surface area contributed by atoms with Crippen LogP contribution in [0.25, 0.3) is 0 Å². The summed E-state index contributed by atoms with van der Waals surface area (Å²) < 4.78 is 27.3. The standard InChI is InChI=1S/C16H23F2N/c1-11-9-14(18)15(10-13(11)17)19-12-5-4-7-16(2,3)8-6-12/h9-10,12,19H,4-8H2,1-3H3. The molecule has 106 valence electrons. The summed E-state index contributed by atoms with van der Waals surface area (Å²) in [7, 11) is 0. The minimum atomic E-state index is -0.359. The molecule has 0 aromatic heterocycles. The lowest BCUT2D eigenvalue weighted by molar-refractivity contribution is 0.313. The molecule has 1 aliphatic rings. The average molecular weight is 267 g/mol. The number of hydrogen-bond donors (Lipinski definition) is 1. The van der Waals surface area contributed by atoms with Crippen LogP contribution in [0.2, 0.25) is 0 Å². The van der Waals surface area contributed by atoms with Crippen LogP contribution in [0.4, 0.5) is 14.5 Å². The van der Waals surface area contributed by atoms with Crippen LogP contribution in [0.15, 0.2) is 12.1 Å². The van der Waals surface area contributed by atoms with Gasteiger partial charge in [0.15, 0.2) is 0 Å². The van der Waals surface area contributed by atoms with Crippen LogP contribution in [0.3, 0.4) is 0 Å². The minimum Gasteiger partial charge on any atom is -0.380 e. The van der Waals surface area contributed by atoms with Gasteiger partial charge >= 0.3 is 0 Å². The highest BCUT2D eigenvalue weighted by Gasteiger charge is 2.24. The van der Waals surface area contributed by atoms with Gasteiger partial charge in [0.2, 0.25) is 0 Å². The fraction of sp³-hybridized carbons (Fsp3) is 0.625. The number of hydrogen-bond acceptors (Lipinski definition) is 1. The van der Waals surface area contributed by atoms with Gasteiger partial charge in [-0.15, -0.1) is 0 Å². The molecule has 0 saturated heterocycles. The highest BCUT2D eigenvalue weighted by atomic mass is 19.1. The van der Waals surface area contributed by atoms with Crippen LogP contribution in [0.1, 0.15) is 51.5 Å². The molecule has 0 spiro atoms. The first-order chi connectivity index (χ1) is 8.87. The first kappa shape index (κ1) is 14.3. The van der Waals surface area contributed by atoms with Crippen molar-refractivity contribution in [3.63, 3.8) is 0 Å². The van der Waals surface area contributed by atoms with Gasteiger partial charge in [-0.3, -0.25) is 0 Å². The number of benzene rings is 1. The molecule has 0 bridgehead atoms. The third kappa shape index (κ3) is 3.68. The Kier molecular flexibility index (Phi) is 4.12. The zero-order chi connectivity index (χ0) is 14.0.